The summed E-state index contributed by atoms with van der Waals surface area (Å²) in [5.41, 5.74) is 2.71. The number of nitrogens with one attached hydrogen (secondary N) is 2. The van der Waals surface area contributed by atoms with E-state index in [1.165, 1.54) is 12.8 Å². The van der Waals surface area contributed by atoms with Gasteiger partial charge in [0.15, 0.2) is 0 Å². The van der Waals surface area contributed by atoms with Crippen LogP contribution in [-0.4, -0.2) is 28.4 Å². The third-order valence-corrected chi connectivity index (χ3v) is 4.09. The monoisotopic (exact) mass is 358 g/mol. The Morgan fingerprint density at radius 3 is 2.78 bits per heavy atom. The van der Waals surface area contributed by atoms with E-state index in [9.17, 15) is 4.79 Å². The minimum atomic E-state index is 0. The number of hydrogen-bond donors (Lipinski definition) is 2. The number of anilines is 1. The van der Waals surface area contributed by atoms with Gasteiger partial charge >= 0.3 is 0 Å². The van der Waals surface area contributed by atoms with Gasteiger partial charge in [-0.2, -0.15) is 0 Å². The maximum atomic E-state index is 12.0. The van der Waals surface area contributed by atoms with Crippen molar-refractivity contribution in [3.63, 3.8) is 0 Å². The molecule has 2 aromatic heterocycles. The van der Waals surface area contributed by atoms with Gasteiger partial charge in [-0.25, -0.2) is 4.98 Å². The lowest BCUT2D eigenvalue weighted by Crippen LogP contribution is -2.28. The summed E-state index contributed by atoms with van der Waals surface area (Å²) in [6.45, 7) is 4.14. The molecule has 2 N–H and O–H groups in total. The van der Waals surface area contributed by atoms with E-state index >= 15 is 0 Å². The number of nitrogens with zero attached hydrogens (tertiary/aromatic N) is 2. The number of imidazole rings is 1. The van der Waals surface area contributed by atoms with E-state index in [1.54, 1.807) is 0 Å². The molecule has 2 aromatic rings. The zero-order valence-corrected chi connectivity index (χ0v) is 14.9. The molecule has 1 fully saturated rings. The number of aryl methyl sites for hydroxylation is 1. The molecule has 0 radical (unpaired) electrons. The molecule has 1 aliphatic rings. The Kier molecular flexibility index (Phi) is 7.82. The molecule has 0 aromatic carbocycles. The highest BCUT2D eigenvalue weighted by Crippen LogP contribution is 2.18. The molecule has 0 aliphatic carbocycles. The molecular formula is C16H24Cl2N4O. The van der Waals surface area contributed by atoms with Crippen molar-refractivity contribution >= 4 is 42.1 Å². The van der Waals surface area contributed by atoms with Crippen LogP contribution in [-0.2, 0) is 4.79 Å². The van der Waals surface area contributed by atoms with Crippen LogP contribution in [0, 0.1) is 12.8 Å². The zero-order valence-electron chi connectivity index (χ0n) is 13.2. The van der Waals surface area contributed by atoms with E-state index in [2.05, 4.69) is 15.6 Å². The van der Waals surface area contributed by atoms with Crippen molar-refractivity contribution in [2.24, 2.45) is 5.92 Å². The molecule has 128 valence electrons. The quantitative estimate of drug-likeness (QED) is 0.881. The highest BCUT2D eigenvalue weighted by Gasteiger charge is 2.14. The third-order valence-electron chi connectivity index (χ3n) is 4.09. The maximum Gasteiger partial charge on any atom is 0.224 e. The number of amides is 1. The number of fused-ring (bicyclic) bond motifs is 1. The Morgan fingerprint density at radius 1 is 1.30 bits per heavy atom. The first-order chi connectivity index (χ1) is 10.2. The van der Waals surface area contributed by atoms with Crippen molar-refractivity contribution in [1.29, 1.82) is 0 Å². The Morgan fingerprint density at radius 2 is 2.04 bits per heavy atom. The van der Waals surface area contributed by atoms with Gasteiger partial charge in [0, 0.05) is 18.8 Å². The normalized spacial score (nSPS) is 14.8. The molecule has 23 heavy (non-hydrogen) atoms. The number of aromatic nitrogens is 2. The first-order valence-corrected chi connectivity index (χ1v) is 7.66. The zero-order chi connectivity index (χ0) is 14.7. The van der Waals surface area contributed by atoms with Crippen LogP contribution in [0.25, 0.3) is 5.65 Å². The average molecular weight is 359 g/mol. The minimum Gasteiger partial charge on any atom is -0.325 e. The van der Waals surface area contributed by atoms with Gasteiger partial charge in [0.1, 0.15) is 5.65 Å². The average Bonchev–Trinajstić information content (AvgIpc) is 2.85. The van der Waals surface area contributed by atoms with Crippen LogP contribution in [0.4, 0.5) is 5.69 Å². The van der Waals surface area contributed by atoms with E-state index in [0.717, 1.165) is 36.5 Å². The molecule has 0 spiro atoms. The molecule has 3 heterocycles. The van der Waals surface area contributed by atoms with Gasteiger partial charge in [0.2, 0.25) is 5.91 Å². The first kappa shape index (κ1) is 19.7. The molecule has 7 heteroatoms. The lowest BCUT2D eigenvalue weighted by Gasteiger charge is -2.22. The Bertz CT molecular complexity index is 638. The number of piperidine rings is 1. The lowest BCUT2D eigenvalue weighted by atomic mass is 9.93. The van der Waals surface area contributed by atoms with Crippen LogP contribution in [0.15, 0.2) is 24.5 Å². The number of hydrogen-bond acceptors (Lipinski definition) is 3. The van der Waals surface area contributed by atoms with Crippen molar-refractivity contribution in [2.45, 2.75) is 32.6 Å². The summed E-state index contributed by atoms with van der Waals surface area (Å²) < 4.78 is 1.94. The molecule has 0 unspecified atom stereocenters. The predicted octanol–water partition coefficient (Wildman–Crippen LogP) is 3.20. The second-order valence-corrected chi connectivity index (χ2v) is 5.85. The van der Waals surface area contributed by atoms with Crippen LogP contribution < -0.4 is 10.6 Å². The summed E-state index contributed by atoms with van der Waals surface area (Å²) in [7, 11) is 0. The second kappa shape index (κ2) is 9.11. The van der Waals surface area contributed by atoms with Gasteiger partial charge in [0.05, 0.1) is 11.4 Å². The summed E-state index contributed by atoms with van der Waals surface area (Å²) >= 11 is 0. The fraction of sp³-hybridized carbons (Fsp3) is 0.500. The summed E-state index contributed by atoms with van der Waals surface area (Å²) in [6, 6.07) is 3.83. The van der Waals surface area contributed by atoms with E-state index in [-0.39, 0.29) is 30.7 Å². The van der Waals surface area contributed by atoms with Gasteiger partial charge < -0.3 is 15.0 Å². The topological polar surface area (TPSA) is 58.4 Å². The number of carbonyl (C=O) groups is 1. The number of carbonyl (C=O) groups excluding carboxylic acids is 1. The van der Waals surface area contributed by atoms with E-state index in [4.69, 9.17) is 0 Å². The summed E-state index contributed by atoms with van der Waals surface area (Å²) in [6.07, 6.45) is 7.84. The van der Waals surface area contributed by atoms with Crippen molar-refractivity contribution < 1.29 is 4.79 Å². The van der Waals surface area contributed by atoms with Crippen LogP contribution in [0.2, 0.25) is 0 Å². The fourth-order valence-corrected chi connectivity index (χ4v) is 2.92. The Balaban J connectivity index is 0.00000132. The standard InChI is InChI=1S/C16H22N4O.2ClH/c1-12-10-20-11-14(3-4-15(20)18-12)19-16(21)5-2-13-6-8-17-9-7-13;;/h3-4,10-11,13,17H,2,5-9H2,1H3,(H,19,21);2*1H. The number of rotatable bonds is 4. The Labute approximate surface area is 149 Å². The fourth-order valence-electron chi connectivity index (χ4n) is 2.92. The predicted molar refractivity (Wildman–Crippen MR) is 97.9 cm³/mol. The molecule has 0 bridgehead atoms. The van der Waals surface area contributed by atoms with Crippen LogP contribution in [0.5, 0.6) is 0 Å². The largest absolute Gasteiger partial charge is 0.325 e. The maximum absolute atomic E-state index is 12.0. The summed E-state index contributed by atoms with van der Waals surface area (Å²) in [4.78, 5) is 16.4. The van der Waals surface area contributed by atoms with Crippen LogP contribution in [0.3, 0.4) is 0 Å². The molecule has 5 nitrogen and oxygen atoms in total. The van der Waals surface area contributed by atoms with E-state index in [0.29, 0.717) is 12.3 Å². The molecule has 0 atom stereocenters. The van der Waals surface area contributed by atoms with Gasteiger partial charge in [-0.15, -0.1) is 24.8 Å². The molecule has 0 saturated carbocycles. The Hall–Kier alpha value is -1.30. The van der Waals surface area contributed by atoms with E-state index < -0.39 is 0 Å². The molecular weight excluding hydrogens is 335 g/mol. The number of pyridine rings is 1. The molecule has 3 rings (SSSR count). The van der Waals surface area contributed by atoms with Crippen molar-refractivity contribution in [1.82, 2.24) is 14.7 Å². The van der Waals surface area contributed by atoms with Gasteiger partial charge in [0.25, 0.3) is 0 Å². The van der Waals surface area contributed by atoms with Gasteiger partial charge in [-0.05, 0) is 57.3 Å². The summed E-state index contributed by atoms with van der Waals surface area (Å²) in [5.74, 6) is 0.792. The summed E-state index contributed by atoms with van der Waals surface area (Å²) in [5, 5.41) is 6.33. The number of halogens is 2. The molecule has 1 aliphatic heterocycles. The molecule has 1 saturated heterocycles. The SMILES string of the molecule is Cc1cn2cc(NC(=O)CCC3CCNCC3)ccc2n1.Cl.Cl. The van der Waals surface area contributed by atoms with Crippen LogP contribution in [0.1, 0.15) is 31.4 Å². The van der Waals surface area contributed by atoms with Crippen molar-refractivity contribution in [2.75, 3.05) is 18.4 Å². The van der Waals surface area contributed by atoms with Gasteiger partial charge in [-0.3, -0.25) is 4.79 Å². The van der Waals surface area contributed by atoms with Crippen molar-refractivity contribution in [3.05, 3.63) is 30.2 Å². The second-order valence-electron chi connectivity index (χ2n) is 5.85. The smallest absolute Gasteiger partial charge is 0.224 e. The minimum absolute atomic E-state index is 0. The van der Waals surface area contributed by atoms with Crippen molar-refractivity contribution in [3.8, 4) is 0 Å². The lowest BCUT2D eigenvalue weighted by molar-refractivity contribution is -0.116. The van der Waals surface area contributed by atoms with Gasteiger partial charge in [-0.1, -0.05) is 0 Å². The van der Waals surface area contributed by atoms with Crippen LogP contribution >= 0.6 is 24.8 Å². The molecule has 1 amide bonds. The first-order valence-electron chi connectivity index (χ1n) is 7.66. The highest BCUT2D eigenvalue weighted by molar-refractivity contribution is 5.90. The highest BCUT2D eigenvalue weighted by atomic mass is 35.5. The van der Waals surface area contributed by atoms with E-state index in [1.807, 2.05) is 35.9 Å². The third kappa shape index (κ3) is 5.37.